The van der Waals surface area contributed by atoms with Gasteiger partial charge in [-0.2, -0.15) is 0 Å². The quantitative estimate of drug-likeness (QED) is 0.779. The highest BCUT2D eigenvalue weighted by Gasteiger charge is 2.31. The first-order chi connectivity index (χ1) is 8.09. The van der Waals surface area contributed by atoms with Gasteiger partial charge < -0.3 is 10.2 Å². The smallest absolute Gasteiger partial charge is 0.193 e. The molecule has 106 valence electrons. The lowest BCUT2D eigenvalue weighted by atomic mass is 9.71. The molecular formula is C14H28IN3. The first-order valence-electron chi connectivity index (χ1n) is 7.09. The minimum Gasteiger partial charge on any atom is -0.356 e. The summed E-state index contributed by atoms with van der Waals surface area (Å²) in [6.45, 7) is 7.88. The molecule has 0 radical (unpaired) electrons. The van der Waals surface area contributed by atoms with Crippen molar-refractivity contribution >= 4 is 29.9 Å². The minimum atomic E-state index is 0. The average Bonchev–Trinajstić information content (AvgIpc) is 2.74. The number of aliphatic imine (C=N–C) groups is 1. The van der Waals surface area contributed by atoms with Crippen molar-refractivity contribution in [1.29, 1.82) is 0 Å². The van der Waals surface area contributed by atoms with Gasteiger partial charge in [-0.05, 0) is 24.2 Å². The summed E-state index contributed by atoms with van der Waals surface area (Å²) in [7, 11) is 2.12. The van der Waals surface area contributed by atoms with Crippen molar-refractivity contribution in [2.75, 3.05) is 26.7 Å². The van der Waals surface area contributed by atoms with Crippen LogP contribution in [0.1, 0.15) is 46.0 Å². The van der Waals surface area contributed by atoms with E-state index < -0.39 is 0 Å². The van der Waals surface area contributed by atoms with E-state index in [1.165, 1.54) is 32.1 Å². The number of guanidine groups is 1. The highest BCUT2D eigenvalue weighted by Crippen LogP contribution is 2.37. The Balaban J connectivity index is 0.00000162. The van der Waals surface area contributed by atoms with Crippen molar-refractivity contribution in [3.63, 3.8) is 0 Å². The molecule has 1 N–H and O–H groups in total. The third-order valence-electron chi connectivity index (χ3n) is 4.47. The van der Waals surface area contributed by atoms with Crippen molar-refractivity contribution in [2.45, 2.75) is 46.0 Å². The van der Waals surface area contributed by atoms with E-state index in [1.807, 2.05) is 0 Å². The van der Waals surface area contributed by atoms with Crippen molar-refractivity contribution in [1.82, 2.24) is 10.2 Å². The Morgan fingerprint density at radius 3 is 2.50 bits per heavy atom. The molecule has 0 saturated heterocycles. The molecule has 2 aliphatic rings. The monoisotopic (exact) mass is 365 g/mol. The maximum absolute atomic E-state index is 4.50. The van der Waals surface area contributed by atoms with Crippen molar-refractivity contribution < 1.29 is 0 Å². The molecule has 0 amide bonds. The number of likely N-dealkylation sites (N-methyl/N-ethyl adjacent to an activating group) is 1. The maximum atomic E-state index is 4.50. The van der Waals surface area contributed by atoms with Gasteiger partial charge >= 0.3 is 0 Å². The molecule has 0 aromatic rings. The number of hydrogen-bond donors (Lipinski definition) is 1. The summed E-state index contributed by atoms with van der Waals surface area (Å²) in [5.41, 5.74) is 0.395. The fourth-order valence-electron chi connectivity index (χ4n) is 3.06. The Morgan fingerprint density at radius 1 is 1.28 bits per heavy atom. The van der Waals surface area contributed by atoms with E-state index in [-0.39, 0.29) is 24.0 Å². The number of nitrogens with one attached hydrogen (secondary N) is 1. The van der Waals surface area contributed by atoms with Gasteiger partial charge in [0.1, 0.15) is 0 Å². The third kappa shape index (κ3) is 4.00. The number of nitrogens with zero attached hydrogens (tertiary/aromatic N) is 2. The van der Waals surface area contributed by atoms with Gasteiger partial charge in [-0.15, -0.1) is 24.0 Å². The molecular weight excluding hydrogens is 337 g/mol. The van der Waals surface area contributed by atoms with Gasteiger partial charge in [-0.3, -0.25) is 4.99 Å². The zero-order chi connectivity index (χ0) is 12.3. The summed E-state index contributed by atoms with van der Waals surface area (Å²) in [5, 5.41) is 3.54. The largest absolute Gasteiger partial charge is 0.356 e. The molecule has 0 unspecified atom stereocenters. The predicted molar refractivity (Wildman–Crippen MR) is 88.7 cm³/mol. The Morgan fingerprint density at radius 2 is 1.94 bits per heavy atom. The lowest BCUT2D eigenvalue weighted by molar-refractivity contribution is 0.160. The lowest BCUT2D eigenvalue weighted by Crippen LogP contribution is -2.43. The van der Waals surface area contributed by atoms with Gasteiger partial charge in [0.25, 0.3) is 0 Å². The number of rotatable bonds is 3. The van der Waals surface area contributed by atoms with Crippen LogP contribution in [0.2, 0.25) is 0 Å². The fourth-order valence-corrected chi connectivity index (χ4v) is 3.06. The van der Waals surface area contributed by atoms with Gasteiger partial charge in [0.2, 0.25) is 0 Å². The second kappa shape index (κ2) is 6.96. The summed E-state index contributed by atoms with van der Waals surface area (Å²) in [4.78, 5) is 6.72. The molecule has 0 spiro atoms. The molecule has 2 rings (SSSR count). The Bertz CT molecular complexity index is 283. The second-order valence-electron chi connectivity index (χ2n) is 6.30. The highest BCUT2D eigenvalue weighted by atomic mass is 127. The zero-order valence-electron chi connectivity index (χ0n) is 12.0. The standard InChI is InChI=1S/C14H27N3.HI/c1-14(2,12-7-5-4-6-8-12)11-16-13-15-9-10-17(13)3;/h12H,4-11H2,1-3H3,(H,15,16);1H. The number of halogens is 1. The van der Waals surface area contributed by atoms with Crippen LogP contribution in [0.5, 0.6) is 0 Å². The van der Waals surface area contributed by atoms with Crippen LogP contribution >= 0.6 is 24.0 Å². The first kappa shape index (κ1) is 16.1. The molecule has 0 atom stereocenters. The molecule has 0 bridgehead atoms. The molecule has 4 heteroatoms. The summed E-state index contributed by atoms with van der Waals surface area (Å²) in [6, 6.07) is 0. The Labute approximate surface area is 129 Å². The van der Waals surface area contributed by atoms with Gasteiger partial charge in [0.15, 0.2) is 5.96 Å². The third-order valence-corrected chi connectivity index (χ3v) is 4.47. The van der Waals surface area contributed by atoms with Gasteiger partial charge in [-0.25, -0.2) is 0 Å². The van der Waals surface area contributed by atoms with Crippen LogP contribution in [0.15, 0.2) is 4.99 Å². The van der Waals surface area contributed by atoms with Crippen LogP contribution in [-0.2, 0) is 0 Å². The van der Waals surface area contributed by atoms with E-state index in [0.29, 0.717) is 5.41 Å². The SMILES string of the molecule is CN1CCN=C1NCC(C)(C)C1CCCCC1.I. The van der Waals surface area contributed by atoms with Crippen molar-refractivity contribution in [3.8, 4) is 0 Å². The van der Waals surface area contributed by atoms with E-state index in [1.54, 1.807) is 0 Å². The predicted octanol–water partition coefficient (Wildman–Crippen LogP) is 3.10. The normalized spacial score (nSPS) is 21.5. The van der Waals surface area contributed by atoms with Crippen molar-refractivity contribution in [2.24, 2.45) is 16.3 Å². The highest BCUT2D eigenvalue weighted by molar-refractivity contribution is 14.0. The van der Waals surface area contributed by atoms with Crippen LogP contribution < -0.4 is 5.32 Å². The van der Waals surface area contributed by atoms with E-state index in [4.69, 9.17) is 0 Å². The van der Waals surface area contributed by atoms with Crippen LogP contribution in [0, 0.1) is 11.3 Å². The van der Waals surface area contributed by atoms with E-state index >= 15 is 0 Å². The summed E-state index contributed by atoms with van der Waals surface area (Å²) in [6.07, 6.45) is 7.12. The minimum absolute atomic E-state index is 0. The van der Waals surface area contributed by atoms with Gasteiger partial charge in [0.05, 0.1) is 6.54 Å². The van der Waals surface area contributed by atoms with Crippen molar-refractivity contribution in [3.05, 3.63) is 0 Å². The molecule has 1 heterocycles. The molecule has 18 heavy (non-hydrogen) atoms. The van der Waals surface area contributed by atoms with Gasteiger partial charge in [-0.1, -0.05) is 33.1 Å². The van der Waals surface area contributed by atoms with Gasteiger partial charge in [0, 0.05) is 20.1 Å². The molecule has 0 aromatic heterocycles. The molecule has 1 aliphatic heterocycles. The summed E-state index contributed by atoms with van der Waals surface area (Å²) in [5.74, 6) is 1.98. The summed E-state index contributed by atoms with van der Waals surface area (Å²) >= 11 is 0. The Hall–Kier alpha value is 0. The fraction of sp³-hybridized carbons (Fsp3) is 0.929. The molecule has 0 aromatic carbocycles. The average molecular weight is 365 g/mol. The Kier molecular flexibility index (Phi) is 6.21. The second-order valence-corrected chi connectivity index (χ2v) is 6.30. The molecule has 1 saturated carbocycles. The van der Waals surface area contributed by atoms with Crippen LogP contribution in [0.25, 0.3) is 0 Å². The van der Waals surface area contributed by atoms with Crippen LogP contribution in [0.3, 0.4) is 0 Å². The van der Waals surface area contributed by atoms with E-state index in [2.05, 4.69) is 36.1 Å². The molecule has 3 nitrogen and oxygen atoms in total. The molecule has 1 aliphatic carbocycles. The van der Waals surface area contributed by atoms with Crippen LogP contribution in [-0.4, -0.2) is 37.5 Å². The lowest BCUT2D eigenvalue weighted by Gasteiger charge is -2.37. The van der Waals surface area contributed by atoms with E-state index in [0.717, 1.165) is 31.5 Å². The van der Waals surface area contributed by atoms with Crippen LogP contribution in [0.4, 0.5) is 0 Å². The first-order valence-corrected chi connectivity index (χ1v) is 7.09. The molecule has 1 fully saturated rings. The topological polar surface area (TPSA) is 27.6 Å². The van der Waals surface area contributed by atoms with E-state index in [9.17, 15) is 0 Å². The summed E-state index contributed by atoms with van der Waals surface area (Å²) < 4.78 is 0. The number of hydrogen-bond acceptors (Lipinski definition) is 3. The maximum Gasteiger partial charge on any atom is 0.193 e. The zero-order valence-corrected chi connectivity index (χ0v) is 14.4.